The van der Waals surface area contributed by atoms with Gasteiger partial charge in [-0.1, -0.05) is 18.2 Å². The van der Waals surface area contributed by atoms with Crippen molar-refractivity contribution in [2.45, 2.75) is 24.3 Å². The normalized spacial score (nSPS) is 17.8. The summed E-state index contributed by atoms with van der Waals surface area (Å²) in [4.78, 5) is 19.4. The minimum Gasteiger partial charge on any atom is -0.342 e. The number of rotatable bonds is 6. The molecule has 1 fully saturated rings. The van der Waals surface area contributed by atoms with Gasteiger partial charge in [-0.15, -0.1) is 11.8 Å². The van der Waals surface area contributed by atoms with Crippen LogP contribution < -0.4 is 0 Å². The van der Waals surface area contributed by atoms with Crippen LogP contribution in [-0.4, -0.2) is 44.4 Å². The first-order valence-corrected chi connectivity index (χ1v) is 8.58. The van der Waals surface area contributed by atoms with Gasteiger partial charge in [-0.3, -0.25) is 9.48 Å². The van der Waals surface area contributed by atoms with Crippen molar-refractivity contribution in [3.8, 4) is 0 Å². The minimum atomic E-state index is 0.225. The highest BCUT2D eigenvalue weighted by atomic mass is 32.2. The lowest BCUT2D eigenvalue weighted by molar-refractivity contribution is -0.130. The summed E-state index contributed by atoms with van der Waals surface area (Å²) in [6, 6.07) is 10.4. The van der Waals surface area contributed by atoms with Gasteiger partial charge in [0, 0.05) is 30.2 Å². The number of hydrogen-bond acceptors (Lipinski definition) is 4. The Morgan fingerprint density at radius 1 is 1.32 bits per heavy atom. The van der Waals surface area contributed by atoms with Crippen LogP contribution in [0.2, 0.25) is 0 Å². The van der Waals surface area contributed by atoms with E-state index >= 15 is 0 Å². The predicted molar refractivity (Wildman–Crippen MR) is 86.5 cm³/mol. The Morgan fingerprint density at radius 2 is 2.18 bits per heavy atom. The van der Waals surface area contributed by atoms with E-state index in [1.54, 1.807) is 11.0 Å². The minimum absolute atomic E-state index is 0.225. The van der Waals surface area contributed by atoms with Crippen LogP contribution in [-0.2, 0) is 11.3 Å². The lowest BCUT2D eigenvalue weighted by Crippen LogP contribution is -2.29. The standard InChI is InChI=1S/C16H20N4OS/c21-16(7-9-20-13-17-12-18-20)19-8-6-14(10-19)11-22-15-4-2-1-3-5-15/h1-5,12-14H,6-11H2/t14-/m1/s1. The van der Waals surface area contributed by atoms with Gasteiger partial charge in [0.05, 0.1) is 6.54 Å². The van der Waals surface area contributed by atoms with E-state index in [1.165, 1.54) is 11.2 Å². The molecule has 1 aliphatic heterocycles. The molecule has 2 aromatic rings. The molecule has 1 aromatic heterocycles. The van der Waals surface area contributed by atoms with E-state index in [9.17, 15) is 4.79 Å². The van der Waals surface area contributed by atoms with E-state index in [0.717, 1.165) is 25.3 Å². The van der Waals surface area contributed by atoms with E-state index in [4.69, 9.17) is 0 Å². The largest absolute Gasteiger partial charge is 0.342 e. The number of thioether (sulfide) groups is 1. The quantitative estimate of drug-likeness (QED) is 0.768. The lowest BCUT2D eigenvalue weighted by Gasteiger charge is -2.16. The van der Waals surface area contributed by atoms with Crippen LogP contribution in [0.3, 0.4) is 0 Å². The van der Waals surface area contributed by atoms with Crippen molar-refractivity contribution in [1.29, 1.82) is 0 Å². The average molecular weight is 316 g/mol. The van der Waals surface area contributed by atoms with Crippen molar-refractivity contribution in [1.82, 2.24) is 19.7 Å². The lowest BCUT2D eigenvalue weighted by atomic mass is 10.2. The Kier molecular flexibility index (Phi) is 5.11. The first-order chi connectivity index (χ1) is 10.8. The van der Waals surface area contributed by atoms with E-state index < -0.39 is 0 Å². The number of hydrogen-bond donors (Lipinski definition) is 0. The van der Waals surface area contributed by atoms with E-state index in [0.29, 0.717) is 18.9 Å². The number of aromatic nitrogens is 3. The number of carbonyl (C=O) groups excluding carboxylic acids is 1. The molecule has 0 unspecified atom stereocenters. The molecule has 0 spiro atoms. The van der Waals surface area contributed by atoms with Gasteiger partial charge in [0.1, 0.15) is 12.7 Å². The zero-order valence-electron chi connectivity index (χ0n) is 12.5. The molecule has 22 heavy (non-hydrogen) atoms. The fraction of sp³-hybridized carbons (Fsp3) is 0.438. The van der Waals surface area contributed by atoms with Gasteiger partial charge in [0.15, 0.2) is 0 Å². The topological polar surface area (TPSA) is 51.0 Å². The van der Waals surface area contributed by atoms with Gasteiger partial charge in [0.25, 0.3) is 0 Å². The first kappa shape index (κ1) is 15.1. The SMILES string of the molecule is O=C(CCn1cncn1)N1CC[C@@H](CSc2ccccc2)C1. The zero-order valence-corrected chi connectivity index (χ0v) is 13.3. The number of amides is 1. The molecule has 1 amide bonds. The van der Waals surface area contributed by atoms with Crippen molar-refractivity contribution in [3.05, 3.63) is 43.0 Å². The zero-order chi connectivity index (χ0) is 15.2. The average Bonchev–Trinajstić information content (AvgIpc) is 3.23. The van der Waals surface area contributed by atoms with Gasteiger partial charge in [-0.05, 0) is 24.5 Å². The molecule has 0 saturated carbocycles. The molecule has 1 aromatic carbocycles. The Balaban J connectivity index is 1.40. The van der Waals surface area contributed by atoms with Crippen LogP contribution >= 0.6 is 11.8 Å². The molecule has 0 N–H and O–H groups in total. The number of aryl methyl sites for hydroxylation is 1. The molecule has 1 aliphatic rings. The molecular weight excluding hydrogens is 296 g/mol. The summed E-state index contributed by atoms with van der Waals surface area (Å²) >= 11 is 1.88. The monoisotopic (exact) mass is 316 g/mol. The fourth-order valence-electron chi connectivity index (χ4n) is 2.64. The van der Waals surface area contributed by atoms with Crippen LogP contribution in [0.4, 0.5) is 0 Å². The summed E-state index contributed by atoms with van der Waals surface area (Å²) in [6.07, 6.45) is 4.75. The summed E-state index contributed by atoms with van der Waals surface area (Å²) in [5.41, 5.74) is 0. The third-order valence-corrected chi connectivity index (χ3v) is 5.13. The molecule has 0 bridgehead atoms. The summed E-state index contributed by atoms with van der Waals surface area (Å²) < 4.78 is 1.71. The summed E-state index contributed by atoms with van der Waals surface area (Å²) in [7, 11) is 0. The first-order valence-electron chi connectivity index (χ1n) is 7.59. The number of benzene rings is 1. The predicted octanol–water partition coefficient (Wildman–Crippen LogP) is 2.31. The Hall–Kier alpha value is -1.82. The third-order valence-electron chi connectivity index (χ3n) is 3.89. The molecule has 116 valence electrons. The van der Waals surface area contributed by atoms with Crippen LogP contribution in [0.5, 0.6) is 0 Å². The van der Waals surface area contributed by atoms with Crippen LogP contribution in [0, 0.1) is 5.92 Å². The van der Waals surface area contributed by atoms with E-state index in [2.05, 4.69) is 34.3 Å². The number of carbonyl (C=O) groups is 1. The molecule has 5 nitrogen and oxygen atoms in total. The second-order valence-electron chi connectivity index (χ2n) is 5.53. The highest BCUT2D eigenvalue weighted by Gasteiger charge is 2.25. The molecular formula is C16H20N4OS. The molecule has 2 heterocycles. The summed E-state index contributed by atoms with van der Waals surface area (Å²) in [5.74, 6) is 1.90. The summed E-state index contributed by atoms with van der Waals surface area (Å²) in [6.45, 7) is 2.38. The molecule has 1 saturated heterocycles. The molecule has 0 aliphatic carbocycles. The Bertz CT molecular complexity index is 587. The van der Waals surface area contributed by atoms with E-state index in [-0.39, 0.29) is 5.91 Å². The van der Waals surface area contributed by atoms with Gasteiger partial charge in [-0.25, -0.2) is 4.98 Å². The van der Waals surface area contributed by atoms with Gasteiger partial charge < -0.3 is 4.90 Å². The maximum atomic E-state index is 12.2. The van der Waals surface area contributed by atoms with E-state index in [1.807, 2.05) is 22.7 Å². The highest BCUT2D eigenvalue weighted by molar-refractivity contribution is 7.99. The van der Waals surface area contributed by atoms with Gasteiger partial charge in [-0.2, -0.15) is 5.10 Å². The van der Waals surface area contributed by atoms with Gasteiger partial charge >= 0.3 is 0 Å². The fourth-order valence-corrected chi connectivity index (χ4v) is 3.69. The maximum absolute atomic E-state index is 12.2. The number of nitrogens with zero attached hydrogens (tertiary/aromatic N) is 4. The van der Waals surface area contributed by atoms with Gasteiger partial charge in [0.2, 0.25) is 5.91 Å². The number of likely N-dealkylation sites (tertiary alicyclic amines) is 1. The second-order valence-corrected chi connectivity index (χ2v) is 6.62. The summed E-state index contributed by atoms with van der Waals surface area (Å²) in [5, 5.41) is 4.02. The van der Waals surface area contributed by atoms with Crippen molar-refractivity contribution in [2.75, 3.05) is 18.8 Å². The van der Waals surface area contributed by atoms with Crippen LogP contribution in [0.1, 0.15) is 12.8 Å². The molecule has 0 radical (unpaired) electrons. The van der Waals surface area contributed by atoms with Crippen LogP contribution in [0.25, 0.3) is 0 Å². The Labute approximate surface area is 134 Å². The third kappa shape index (κ3) is 4.10. The molecule has 6 heteroatoms. The second kappa shape index (κ2) is 7.45. The van der Waals surface area contributed by atoms with Crippen LogP contribution in [0.15, 0.2) is 47.9 Å². The van der Waals surface area contributed by atoms with Crippen molar-refractivity contribution in [2.24, 2.45) is 5.92 Å². The van der Waals surface area contributed by atoms with Crippen molar-refractivity contribution < 1.29 is 4.79 Å². The van der Waals surface area contributed by atoms with Crippen molar-refractivity contribution >= 4 is 17.7 Å². The smallest absolute Gasteiger partial charge is 0.224 e. The highest BCUT2D eigenvalue weighted by Crippen LogP contribution is 2.26. The molecule has 1 atom stereocenters. The Morgan fingerprint density at radius 3 is 2.95 bits per heavy atom. The maximum Gasteiger partial charge on any atom is 0.224 e. The van der Waals surface area contributed by atoms with Crippen molar-refractivity contribution in [3.63, 3.8) is 0 Å². The molecule has 3 rings (SSSR count).